The normalized spacial score (nSPS) is 15.5. The summed E-state index contributed by atoms with van der Waals surface area (Å²) in [5, 5.41) is 18.4. The maximum Gasteiger partial charge on any atom is 0.257 e. The molecular weight excluding hydrogens is 386 g/mol. The average molecular weight is 406 g/mol. The molecule has 1 aromatic heterocycles. The van der Waals surface area contributed by atoms with E-state index in [1.807, 2.05) is 36.4 Å². The van der Waals surface area contributed by atoms with E-state index < -0.39 is 0 Å². The van der Waals surface area contributed by atoms with Gasteiger partial charge in [-0.05, 0) is 65.9 Å². The Morgan fingerprint density at radius 3 is 2.82 bits per heavy atom. The van der Waals surface area contributed by atoms with Gasteiger partial charge in [0.2, 0.25) is 0 Å². The molecule has 4 rings (SSSR count). The smallest absolute Gasteiger partial charge is 0.257 e. The fourth-order valence-corrected chi connectivity index (χ4v) is 5.22. The van der Waals surface area contributed by atoms with E-state index in [4.69, 9.17) is 12.2 Å². The maximum atomic E-state index is 12.6. The molecule has 1 atom stereocenters. The first-order valence-electron chi connectivity index (χ1n) is 9.21. The summed E-state index contributed by atoms with van der Waals surface area (Å²) < 4.78 is 0. The van der Waals surface area contributed by atoms with E-state index in [1.165, 1.54) is 4.88 Å². The first kappa shape index (κ1) is 18.6. The van der Waals surface area contributed by atoms with Gasteiger partial charge in [0.15, 0.2) is 5.11 Å². The number of amides is 1. The minimum atomic E-state index is -0.267. The van der Waals surface area contributed by atoms with Gasteiger partial charge < -0.3 is 5.32 Å². The monoisotopic (exact) mass is 405 g/mol. The molecule has 28 heavy (non-hydrogen) atoms. The number of thiocarbonyl (C=S) groups is 1. The van der Waals surface area contributed by atoms with Crippen molar-refractivity contribution in [1.29, 1.82) is 5.26 Å². The molecule has 2 N–H and O–H groups in total. The number of carbonyl (C=O) groups excluding carboxylic acids is 1. The van der Waals surface area contributed by atoms with Gasteiger partial charge in [-0.1, -0.05) is 37.3 Å². The van der Waals surface area contributed by atoms with Crippen LogP contribution in [0.5, 0.6) is 0 Å². The van der Waals surface area contributed by atoms with Crippen molar-refractivity contribution in [3.63, 3.8) is 0 Å². The summed E-state index contributed by atoms with van der Waals surface area (Å²) in [6.07, 6.45) is 3.02. The van der Waals surface area contributed by atoms with E-state index in [-0.39, 0.29) is 11.0 Å². The average Bonchev–Trinajstić information content (AvgIpc) is 3.03. The van der Waals surface area contributed by atoms with Crippen LogP contribution in [0.25, 0.3) is 10.8 Å². The Kier molecular flexibility index (Phi) is 5.12. The Labute approximate surface area is 173 Å². The Hall–Kier alpha value is -2.75. The highest BCUT2D eigenvalue weighted by atomic mass is 32.1. The Bertz CT molecular complexity index is 1130. The van der Waals surface area contributed by atoms with Gasteiger partial charge in [-0.2, -0.15) is 5.26 Å². The van der Waals surface area contributed by atoms with Crippen LogP contribution in [0.15, 0.2) is 42.5 Å². The number of anilines is 1. The molecule has 0 spiro atoms. The Morgan fingerprint density at radius 1 is 1.25 bits per heavy atom. The molecule has 6 heteroatoms. The topological polar surface area (TPSA) is 64.9 Å². The maximum absolute atomic E-state index is 12.6. The molecule has 0 fully saturated rings. The van der Waals surface area contributed by atoms with Crippen molar-refractivity contribution in [3.05, 3.63) is 64.0 Å². The molecule has 140 valence electrons. The third-order valence-electron chi connectivity index (χ3n) is 5.09. The summed E-state index contributed by atoms with van der Waals surface area (Å²) >= 11 is 6.90. The molecule has 3 aromatic rings. The highest BCUT2D eigenvalue weighted by Crippen LogP contribution is 2.39. The van der Waals surface area contributed by atoms with Crippen LogP contribution in [0.1, 0.15) is 39.7 Å². The highest BCUT2D eigenvalue weighted by Gasteiger charge is 2.24. The fourth-order valence-electron chi connectivity index (χ4n) is 3.60. The summed E-state index contributed by atoms with van der Waals surface area (Å²) in [7, 11) is 0. The van der Waals surface area contributed by atoms with Crippen LogP contribution < -0.4 is 10.6 Å². The summed E-state index contributed by atoms with van der Waals surface area (Å²) in [6, 6.07) is 15.7. The highest BCUT2D eigenvalue weighted by molar-refractivity contribution is 7.80. The number of hydrogen-bond acceptors (Lipinski definition) is 4. The minimum Gasteiger partial charge on any atom is -0.323 e. The molecule has 0 unspecified atom stereocenters. The largest absolute Gasteiger partial charge is 0.323 e. The predicted octanol–water partition coefficient (Wildman–Crippen LogP) is 5.02. The lowest BCUT2D eigenvalue weighted by atomic mass is 9.89. The number of fused-ring (bicyclic) bond motifs is 2. The molecule has 1 aliphatic rings. The lowest BCUT2D eigenvalue weighted by Crippen LogP contribution is -2.34. The van der Waals surface area contributed by atoms with Crippen molar-refractivity contribution in [3.8, 4) is 6.07 Å². The Morgan fingerprint density at radius 2 is 2.04 bits per heavy atom. The lowest BCUT2D eigenvalue weighted by molar-refractivity contribution is 0.0978. The van der Waals surface area contributed by atoms with Crippen LogP contribution in [0, 0.1) is 17.2 Å². The van der Waals surface area contributed by atoms with Gasteiger partial charge in [-0.25, -0.2) is 0 Å². The molecule has 0 radical (unpaired) electrons. The zero-order valence-corrected chi connectivity index (χ0v) is 17.0. The zero-order valence-electron chi connectivity index (χ0n) is 15.4. The third kappa shape index (κ3) is 3.64. The van der Waals surface area contributed by atoms with Gasteiger partial charge in [0.25, 0.3) is 5.91 Å². The van der Waals surface area contributed by atoms with Crippen LogP contribution in [0.3, 0.4) is 0 Å². The molecule has 0 saturated heterocycles. The quantitative estimate of drug-likeness (QED) is 0.587. The Balaban J connectivity index is 1.50. The molecule has 0 aliphatic heterocycles. The molecule has 2 aromatic carbocycles. The van der Waals surface area contributed by atoms with Gasteiger partial charge in [0.1, 0.15) is 11.1 Å². The summed E-state index contributed by atoms with van der Waals surface area (Å²) in [6.45, 7) is 2.23. The molecule has 0 bridgehead atoms. The van der Waals surface area contributed by atoms with Crippen molar-refractivity contribution in [2.24, 2.45) is 5.92 Å². The molecule has 1 heterocycles. The van der Waals surface area contributed by atoms with Gasteiger partial charge in [0.05, 0.1) is 5.56 Å². The van der Waals surface area contributed by atoms with E-state index in [0.717, 1.165) is 40.6 Å². The number of benzene rings is 2. The van der Waals surface area contributed by atoms with E-state index in [2.05, 4.69) is 23.6 Å². The summed E-state index contributed by atoms with van der Waals surface area (Å²) in [4.78, 5) is 13.8. The van der Waals surface area contributed by atoms with Gasteiger partial charge in [-0.3, -0.25) is 10.1 Å². The van der Waals surface area contributed by atoms with Crippen LogP contribution >= 0.6 is 23.6 Å². The van der Waals surface area contributed by atoms with Crippen LogP contribution in [-0.2, 0) is 12.8 Å². The molecular formula is C22H19N3OS2. The van der Waals surface area contributed by atoms with Crippen molar-refractivity contribution < 1.29 is 4.79 Å². The van der Waals surface area contributed by atoms with Crippen LogP contribution in [0.2, 0.25) is 0 Å². The molecule has 0 saturated carbocycles. The molecule has 4 nitrogen and oxygen atoms in total. The third-order valence-corrected chi connectivity index (χ3v) is 6.46. The minimum absolute atomic E-state index is 0.210. The van der Waals surface area contributed by atoms with Crippen molar-refractivity contribution in [1.82, 2.24) is 5.32 Å². The summed E-state index contributed by atoms with van der Waals surface area (Å²) in [5.74, 6) is 0.363. The van der Waals surface area contributed by atoms with Crippen molar-refractivity contribution in [2.45, 2.75) is 26.2 Å². The number of thiophene rings is 1. The number of hydrogen-bond donors (Lipinski definition) is 2. The molecule has 1 amide bonds. The first-order chi connectivity index (χ1) is 13.5. The SMILES string of the molecule is C[C@@H]1CCc2c(sc(NC(=S)NC(=O)c3ccc4ccccc4c3)c2C#N)C1. The summed E-state index contributed by atoms with van der Waals surface area (Å²) in [5.41, 5.74) is 2.34. The number of carbonyl (C=O) groups is 1. The van der Waals surface area contributed by atoms with Crippen molar-refractivity contribution in [2.75, 3.05) is 5.32 Å². The van der Waals surface area contributed by atoms with Crippen molar-refractivity contribution >= 4 is 50.3 Å². The number of nitriles is 1. The second-order valence-electron chi connectivity index (χ2n) is 7.14. The van der Waals surface area contributed by atoms with E-state index >= 15 is 0 Å². The second kappa shape index (κ2) is 7.70. The van der Waals surface area contributed by atoms with Gasteiger partial charge in [-0.15, -0.1) is 11.3 Å². The van der Waals surface area contributed by atoms with Gasteiger partial charge in [0, 0.05) is 10.4 Å². The van der Waals surface area contributed by atoms with E-state index in [1.54, 1.807) is 17.4 Å². The van der Waals surface area contributed by atoms with E-state index in [0.29, 0.717) is 17.0 Å². The fraction of sp³-hybridized carbons (Fsp3) is 0.227. The number of nitrogens with zero attached hydrogens (tertiary/aromatic N) is 1. The first-order valence-corrected chi connectivity index (χ1v) is 10.4. The predicted molar refractivity (Wildman–Crippen MR) is 118 cm³/mol. The van der Waals surface area contributed by atoms with Crippen LogP contribution in [0.4, 0.5) is 5.00 Å². The second-order valence-corrected chi connectivity index (χ2v) is 8.65. The van der Waals surface area contributed by atoms with Gasteiger partial charge >= 0.3 is 0 Å². The van der Waals surface area contributed by atoms with E-state index in [9.17, 15) is 10.1 Å². The number of nitrogens with one attached hydrogen (secondary N) is 2. The zero-order chi connectivity index (χ0) is 19.7. The number of rotatable bonds is 2. The standard InChI is InChI=1S/C22H19N3OS2/c1-13-6-9-17-18(12-23)21(28-19(17)10-13)25-22(27)24-20(26)16-8-7-14-4-2-3-5-15(14)11-16/h2-5,7-8,11,13H,6,9-10H2,1H3,(H2,24,25,26,27)/t13-/m1/s1. The lowest BCUT2D eigenvalue weighted by Gasteiger charge is -2.17. The van der Waals surface area contributed by atoms with Crippen LogP contribution in [-0.4, -0.2) is 11.0 Å². The molecule has 1 aliphatic carbocycles.